The highest BCUT2D eigenvalue weighted by Gasteiger charge is 1.99. The summed E-state index contributed by atoms with van der Waals surface area (Å²) in [6.07, 6.45) is 3.71. The quantitative estimate of drug-likeness (QED) is 0.716. The number of hydrogen-bond donors (Lipinski definition) is 0. The molecule has 0 aliphatic carbocycles. The second-order valence-electron chi connectivity index (χ2n) is 4.93. The maximum atomic E-state index is 5.13. The summed E-state index contributed by atoms with van der Waals surface area (Å²) in [5, 5.41) is 0. The van der Waals surface area contributed by atoms with Crippen LogP contribution in [0.2, 0.25) is 0 Å². The SMILES string of the molecule is CCCCc1ccc(-c2ccc(COC)cc2)cc1. The Hall–Kier alpha value is -1.60. The van der Waals surface area contributed by atoms with Gasteiger partial charge in [0.25, 0.3) is 0 Å². The van der Waals surface area contributed by atoms with Crippen molar-refractivity contribution in [3.8, 4) is 11.1 Å². The molecule has 0 spiro atoms. The van der Waals surface area contributed by atoms with Crippen LogP contribution in [0, 0.1) is 0 Å². The molecule has 0 unspecified atom stereocenters. The first-order chi connectivity index (χ1) is 9.33. The second kappa shape index (κ2) is 7.10. The van der Waals surface area contributed by atoms with E-state index in [2.05, 4.69) is 55.5 Å². The predicted octanol–water partition coefficient (Wildman–Crippen LogP) is 4.84. The predicted molar refractivity (Wildman–Crippen MR) is 81.2 cm³/mol. The summed E-state index contributed by atoms with van der Waals surface area (Å²) < 4.78 is 5.13. The van der Waals surface area contributed by atoms with Gasteiger partial charge in [-0.25, -0.2) is 0 Å². The lowest BCUT2D eigenvalue weighted by Crippen LogP contribution is -1.88. The minimum atomic E-state index is 0.677. The van der Waals surface area contributed by atoms with Crippen molar-refractivity contribution in [3.63, 3.8) is 0 Å². The largest absolute Gasteiger partial charge is 0.380 e. The zero-order valence-corrected chi connectivity index (χ0v) is 11.9. The fraction of sp³-hybridized carbons (Fsp3) is 0.333. The highest BCUT2D eigenvalue weighted by Crippen LogP contribution is 2.21. The number of benzene rings is 2. The fourth-order valence-corrected chi connectivity index (χ4v) is 2.20. The van der Waals surface area contributed by atoms with Crippen LogP contribution < -0.4 is 0 Å². The van der Waals surface area contributed by atoms with Crippen LogP contribution in [0.15, 0.2) is 48.5 Å². The molecule has 0 amide bonds. The molecule has 2 aromatic rings. The molecule has 0 N–H and O–H groups in total. The molecular weight excluding hydrogens is 232 g/mol. The van der Waals surface area contributed by atoms with E-state index in [9.17, 15) is 0 Å². The van der Waals surface area contributed by atoms with Crippen molar-refractivity contribution in [1.82, 2.24) is 0 Å². The highest BCUT2D eigenvalue weighted by molar-refractivity contribution is 5.63. The first kappa shape index (κ1) is 13.8. The summed E-state index contributed by atoms with van der Waals surface area (Å²) in [5.74, 6) is 0. The van der Waals surface area contributed by atoms with Gasteiger partial charge in [0.1, 0.15) is 0 Å². The van der Waals surface area contributed by atoms with Crippen molar-refractivity contribution in [2.75, 3.05) is 7.11 Å². The van der Waals surface area contributed by atoms with Crippen LogP contribution in [0.4, 0.5) is 0 Å². The van der Waals surface area contributed by atoms with Crippen molar-refractivity contribution < 1.29 is 4.74 Å². The van der Waals surface area contributed by atoms with Crippen LogP contribution in [0.1, 0.15) is 30.9 Å². The average molecular weight is 254 g/mol. The van der Waals surface area contributed by atoms with E-state index in [4.69, 9.17) is 4.74 Å². The molecule has 0 atom stereocenters. The Kier molecular flexibility index (Phi) is 5.17. The van der Waals surface area contributed by atoms with Crippen molar-refractivity contribution >= 4 is 0 Å². The molecule has 0 saturated heterocycles. The van der Waals surface area contributed by atoms with Crippen molar-refractivity contribution in [2.24, 2.45) is 0 Å². The third kappa shape index (κ3) is 3.93. The third-order valence-corrected chi connectivity index (χ3v) is 3.37. The number of ether oxygens (including phenoxy) is 1. The Morgan fingerprint density at radius 3 is 1.79 bits per heavy atom. The molecule has 0 saturated carbocycles. The molecule has 2 rings (SSSR count). The number of unbranched alkanes of at least 4 members (excludes halogenated alkanes) is 1. The van der Waals surface area contributed by atoms with Crippen LogP contribution in [0.25, 0.3) is 11.1 Å². The monoisotopic (exact) mass is 254 g/mol. The van der Waals surface area contributed by atoms with Crippen LogP contribution in [0.5, 0.6) is 0 Å². The number of hydrogen-bond acceptors (Lipinski definition) is 1. The maximum absolute atomic E-state index is 5.13. The van der Waals surface area contributed by atoms with Gasteiger partial charge >= 0.3 is 0 Å². The molecule has 1 nitrogen and oxygen atoms in total. The normalized spacial score (nSPS) is 10.6. The molecule has 0 bridgehead atoms. The molecule has 0 radical (unpaired) electrons. The lowest BCUT2D eigenvalue weighted by Gasteiger charge is -2.06. The van der Waals surface area contributed by atoms with Gasteiger partial charge in [-0.15, -0.1) is 0 Å². The number of methoxy groups -OCH3 is 1. The van der Waals surface area contributed by atoms with E-state index >= 15 is 0 Å². The van der Waals surface area contributed by atoms with Gasteiger partial charge in [0.15, 0.2) is 0 Å². The molecular formula is C18H22O. The topological polar surface area (TPSA) is 9.23 Å². The summed E-state index contributed by atoms with van der Waals surface area (Å²) in [5.41, 5.74) is 5.19. The van der Waals surface area contributed by atoms with E-state index in [0.717, 1.165) is 0 Å². The van der Waals surface area contributed by atoms with Crippen LogP contribution >= 0.6 is 0 Å². The summed E-state index contributed by atoms with van der Waals surface area (Å²) in [7, 11) is 1.73. The minimum absolute atomic E-state index is 0.677. The van der Waals surface area contributed by atoms with Crippen LogP contribution in [0.3, 0.4) is 0 Å². The average Bonchev–Trinajstić information content (AvgIpc) is 2.47. The standard InChI is InChI=1S/C18H22O/c1-3-4-5-15-6-10-17(11-7-15)18-12-8-16(9-13-18)14-19-2/h6-13H,3-5,14H2,1-2H3. The lowest BCUT2D eigenvalue weighted by atomic mass is 10.0. The summed E-state index contributed by atoms with van der Waals surface area (Å²) in [4.78, 5) is 0. The van der Waals surface area contributed by atoms with Gasteiger partial charge in [-0.05, 0) is 35.1 Å². The first-order valence-electron chi connectivity index (χ1n) is 7.00. The number of rotatable bonds is 6. The summed E-state index contributed by atoms with van der Waals surface area (Å²) >= 11 is 0. The van der Waals surface area contributed by atoms with E-state index in [-0.39, 0.29) is 0 Å². The Balaban J connectivity index is 2.08. The van der Waals surface area contributed by atoms with E-state index in [0.29, 0.717) is 6.61 Å². The van der Waals surface area contributed by atoms with Gasteiger partial charge in [0.2, 0.25) is 0 Å². The number of aryl methyl sites for hydroxylation is 1. The minimum Gasteiger partial charge on any atom is -0.380 e. The molecule has 1 heteroatoms. The van der Waals surface area contributed by atoms with Crippen LogP contribution in [-0.4, -0.2) is 7.11 Å². The Labute approximate surface area is 116 Å². The Bertz CT molecular complexity index is 482. The second-order valence-corrected chi connectivity index (χ2v) is 4.93. The molecule has 0 aliphatic heterocycles. The van der Waals surface area contributed by atoms with E-state index in [1.807, 2.05) is 0 Å². The molecule has 19 heavy (non-hydrogen) atoms. The Morgan fingerprint density at radius 2 is 1.32 bits per heavy atom. The van der Waals surface area contributed by atoms with Gasteiger partial charge in [0.05, 0.1) is 6.61 Å². The molecule has 0 aromatic heterocycles. The van der Waals surface area contributed by atoms with Gasteiger partial charge in [0, 0.05) is 7.11 Å². The Morgan fingerprint density at radius 1 is 0.789 bits per heavy atom. The van der Waals surface area contributed by atoms with Gasteiger partial charge in [-0.1, -0.05) is 61.9 Å². The van der Waals surface area contributed by atoms with E-state index in [1.165, 1.54) is 41.5 Å². The first-order valence-corrected chi connectivity index (χ1v) is 7.00. The molecule has 2 aromatic carbocycles. The molecule has 0 heterocycles. The smallest absolute Gasteiger partial charge is 0.0713 e. The molecule has 100 valence electrons. The zero-order valence-electron chi connectivity index (χ0n) is 11.9. The van der Waals surface area contributed by atoms with E-state index < -0.39 is 0 Å². The van der Waals surface area contributed by atoms with Crippen molar-refractivity contribution in [3.05, 3.63) is 59.7 Å². The summed E-state index contributed by atoms with van der Waals surface area (Å²) in [6.45, 7) is 2.91. The van der Waals surface area contributed by atoms with Crippen molar-refractivity contribution in [1.29, 1.82) is 0 Å². The van der Waals surface area contributed by atoms with Crippen molar-refractivity contribution in [2.45, 2.75) is 32.8 Å². The third-order valence-electron chi connectivity index (χ3n) is 3.37. The van der Waals surface area contributed by atoms with Gasteiger partial charge in [-0.3, -0.25) is 0 Å². The van der Waals surface area contributed by atoms with Gasteiger partial charge in [-0.2, -0.15) is 0 Å². The van der Waals surface area contributed by atoms with Gasteiger partial charge < -0.3 is 4.74 Å². The lowest BCUT2D eigenvalue weighted by molar-refractivity contribution is 0.185. The maximum Gasteiger partial charge on any atom is 0.0713 e. The zero-order chi connectivity index (χ0) is 13.5. The fourth-order valence-electron chi connectivity index (χ4n) is 2.20. The summed E-state index contributed by atoms with van der Waals surface area (Å²) in [6, 6.07) is 17.5. The highest BCUT2D eigenvalue weighted by atomic mass is 16.5. The molecule has 0 fully saturated rings. The molecule has 0 aliphatic rings. The van der Waals surface area contributed by atoms with Crippen LogP contribution in [-0.2, 0) is 17.8 Å². The van der Waals surface area contributed by atoms with E-state index in [1.54, 1.807) is 7.11 Å².